The predicted octanol–water partition coefficient (Wildman–Crippen LogP) is 2.71. The summed E-state index contributed by atoms with van der Waals surface area (Å²) in [6.45, 7) is 5.24. The first-order chi connectivity index (χ1) is 11.7. The maximum atomic E-state index is 12.0. The quantitative estimate of drug-likeness (QED) is 0.858. The van der Waals surface area contributed by atoms with Crippen LogP contribution in [0.15, 0.2) is 24.3 Å². The maximum Gasteiger partial charge on any atom is 0.257 e. The zero-order valence-corrected chi connectivity index (χ0v) is 15.3. The van der Waals surface area contributed by atoms with Crippen LogP contribution in [-0.4, -0.2) is 54.6 Å². The first-order valence-electron chi connectivity index (χ1n) is 8.99. The van der Waals surface area contributed by atoms with Crippen LogP contribution in [0, 0.1) is 12.8 Å². The summed E-state index contributed by atoms with van der Waals surface area (Å²) >= 11 is 2.08. The van der Waals surface area contributed by atoms with E-state index in [2.05, 4.69) is 22.0 Å². The van der Waals surface area contributed by atoms with Crippen LogP contribution in [0.4, 0.5) is 0 Å². The lowest BCUT2D eigenvalue weighted by Crippen LogP contribution is -2.44. The number of ether oxygens (including phenoxy) is 1. The SMILES string of the molecule is Cc1ccccc1OCC(=O)NCC1CCN([C@@H]2CCSC2)CC1. The lowest BCUT2D eigenvalue weighted by molar-refractivity contribution is -0.123. The van der Waals surface area contributed by atoms with E-state index in [9.17, 15) is 4.79 Å². The van der Waals surface area contributed by atoms with Crippen LogP contribution in [0.5, 0.6) is 5.75 Å². The van der Waals surface area contributed by atoms with E-state index in [1.165, 1.54) is 43.9 Å². The molecule has 2 aliphatic heterocycles. The maximum absolute atomic E-state index is 12.0. The highest BCUT2D eigenvalue weighted by molar-refractivity contribution is 7.99. The van der Waals surface area contributed by atoms with Gasteiger partial charge in [-0.3, -0.25) is 9.69 Å². The molecule has 132 valence electrons. The van der Waals surface area contributed by atoms with E-state index in [1.54, 1.807) is 0 Å². The topological polar surface area (TPSA) is 41.6 Å². The fourth-order valence-corrected chi connectivity index (χ4v) is 4.76. The molecule has 2 saturated heterocycles. The Bertz CT molecular complexity index is 538. The summed E-state index contributed by atoms with van der Waals surface area (Å²) in [5.74, 6) is 4.00. The highest BCUT2D eigenvalue weighted by Gasteiger charge is 2.27. The van der Waals surface area contributed by atoms with Gasteiger partial charge in [-0.25, -0.2) is 0 Å². The molecule has 0 bridgehead atoms. The largest absolute Gasteiger partial charge is 0.484 e. The molecule has 0 saturated carbocycles. The van der Waals surface area contributed by atoms with Crippen LogP contribution in [0.3, 0.4) is 0 Å². The summed E-state index contributed by atoms with van der Waals surface area (Å²) in [6.07, 6.45) is 3.74. The van der Waals surface area contributed by atoms with Crippen molar-refractivity contribution < 1.29 is 9.53 Å². The van der Waals surface area contributed by atoms with Gasteiger partial charge in [0, 0.05) is 18.3 Å². The Morgan fingerprint density at radius 2 is 2.08 bits per heavy atom. The summed E-state index contributed by atoms with van der Waals surface area (Å²) in [5, 5.41) is 3.04. The van der Waals surface area contributed by atoms with Gasteiger partial charge < -0.3 is 10.1 Å². The average Bonchev–Trinajstić information content (AvgIpc) is 3.14. The molecule has 0 radical (unpaired) electrons. The number of hydrogen-bond acceptors (Lipinski definition) is 4. The number of nitrogens with zero attached hydrogens (tertiary/aromatic N) is 1. The number of rotatable bonds is 6. The van der Waals surface area contributed by atoms with Crippen LogP contribution in [0.2, 0.25) is 0 Å². The van der Waals surface area contributed by atoms with Gasteiger partial charge in [-0.1, -0.05) is 18.2 Å². The zero-order valence-electron chi connectivity index (χ0n) is 14.5. The molecule has 2 fully saturated rings. The monoisotopic (exact) mass is 348 g/mol. The van der Waals surface area contributed by atoms with Gasteiger partial charge in [-0.2, -0.15) is 11.8 Å². The highest BCUT2D eigenvalue weighted by Crippen LogP contribution is 2.26. The van der Waals surface area contributed by atoms with Gasteiger partial charge in [0.1, 0.15) is 5.75 Å². The molecular formula is C19H28N2O2S. The third-order valence-electron chi connectivity index (χ3n) is 5.11. The van der Waals surface area contributed by atoms with E-state index < -0.39 is 0 Å². The summed E-state index contributed by atoms with van der Waals surface area (Å²) < 4.78 is 5.60. The van der Waals surface area contributed by atoms with Crippen LogP contribution in [0.1, 0.15) is 24.8 Å². The molecule has 0 aromatic heterocycles. The normalized spacial score (nSPS) is 22.5. The second-order valence-electron chi connectivity index (χ2n) is 6.86. The third kappa shape index (κ3) is 4.90. The minimum absolute atomic E-state index is 0.0205. The van der Waals surface area contributed by atoms with Gasteiger partial charge in [0.2, 0.25) is 0 Å². The number of thioether (sulfide) groups is 1. The summed E-state index contributed by atoms with van der Waals surface area (Å²) in [6, 6.07) is 8.59. The van der Waals surface area contributed by atoms with Crippen LogP contribution < -0.4 is 10.1 Å². The van der Waals surface area contributed by atoms with Gasteiger partial charge in [-0.15, -0.1) is 0 Å². The second-order valence-corrected chi connectivity index (χ2v) is 8.00. The minimum atomic E-state index is -0.0205. The summed E-state index contributed by atoms with van der Waals surface area (Å²) in [7, 11) is 0. The second kappa shape index (κ2) is 8.77. The van der Waals surface area contributed by atoms with Crippen molar-refractivity contribution in [2.24, 2.45) is 5.92 Å². The molecule has 1 atom stereocenters. The number of aryl methyl sites for hydroxylation is 1. The Morgan fingerprint density at radius 3 is 2.79 bits per heavy atom. The number of benzene rings is 1. The smallest absolute Gasteiger partial charge is 0.257 e. The number of nitrogens with one attached hydrogen (secondary N) is 1. The number of likely N-dealkylation sites (tertiary alicyclic amines) is 1. The van der Waals surface area contributed by atoms with Crippen molar-refractivity contribution in [3.05, 3.63) is 29.8 Å². The number of hydrogen-bond donors (Lipinski definition) is 1. The standard InChI is InChI=1S/C19H28N2O2S/c1-15-4-2-3-5-18(15)23-13-19(22)20-12-16-6-9-21(10-7-16)17-8-11-24-14-17/h2-5,16-17H,6-14H2,1H3,(H,20,22)/t17-/m1/s1. The Morgan fingerprint density at radius 1 is 1.29 bits per heavy atom. The summed E-state index contributed by atoms with van der Waals surface area (Å²) in [4.78, 5) is 14.6. The van der Waals surface area contributed by atoms with Gasteiger partial charge in [0.25, 0.3) is 5.91 Å². The molecule has 2 aliphatic rings. The molecule has 0 spiro atoms. The Hall–Kier alpha value is -1.20. The lowest BCUT2D eigenvalue weighted by Gasteiger charge is -2.35. The number of carbonyl (C=O) groups excluding carboxylic acids is 1. The van der Waals surface area contributed by atoms with Gasteiger partial charge >= 0.3 is 0 Å². The van der Waals surface area contributed by atoms with E-state index >= 15 is 0 Å². The molecule has 0 aliphatic carbocycles. The van der Waals surface area contributed by atoms with Crippen LogP contribution in [0.25, 0.3) is 0 Å². The van der Waals surface area contributed by atoms with Crippen molar-refractivity contribution in [2.75, 3.05) is 37.7 Å². The average molecular weight is 349 g/mol. The molecule has 4 nitrogen and oxygen atoms in total. The third-order valence-corrected chi connectivity index (χ3v) is 6.26. The predicted molar refractivity (Wildman–Crippen MR) is 99.7 cm³/mol. The molecule has 1 aromatic rings. The Kier molecular flexibility index (Phi) is 6.44. The number of carbonyl (C=O) groups is 1. The molecular weight excluding hydrogens is 320 g/mol. The van der Waals surface area contributed by atoms with Crippen molar-refractivity contribution in [3.8, 4) is 5.75 Å². The number of para-hydroxylation sites is 1. The van der Waals surface area contributed by atoms with Gasteiger partial charge in [0.15, 0.2) is 6.61 Å². The molecule has 1 N–H and O–H groups in total. The first-order valence-corrected chi connectivity index (χ1v) is 10.1. The Balaban J connectivity index is 1.33. The van der Waals surface area contributed by atoms with Crippen molar-refractivity contribution in [2.45, 2.75) is 32.2 Å². The van der Waals surface area contributed by atoms with Crippen molar-refractivity contribution in [1.29, 1.82) is 0 Å². The molecule has 2 heterocycles. The highest BCUT2D eigenvalue weighted by atomic mass is 32.2. The lowest BCUT2D eigenvalue weighted by atomic mass is 9.95. The fraction of sp³-hybridized carbons (Fsp3) is 0.632. The fourth-order valence-electron chi connectivity index (χ4n) is 3.50. The first kappa shape index (κ1) is 17.6. The van der Waals surface area contributed by atoms with Crippen LogP contribution >= 0.6 is 11.8 Å². The van der Waals surface area contributed by atoms with E-state index in [0.717, 1.165) is 23.9 Å². The van der Waals surface area contributed by atoms with Crippen molar-refractivity contribution in [3.63, 3.8) is 0 Å². The van der Waals surface area contributed by atoms with Gasteiger partial charge in [-0.05, 0) is 62.6 Å². The van der Waals surface area contributed by atoms with E-state index in [4.69, 9.17) is 4.74 Å². The minimum Gasteiger partial charge on any atom is -0.484 e. The summed E-state index contributed by atoms with van der Waals surface area (Å²) in [5.41, 5.74) is 1.06. The molecule has 1 aromatic carbocycles. The number of piperidine rings is 1. The van der Waals surface area contributed by atoms with Crippen LogP contribution in [-0.2, 0) is 4.79 Å². The number of amides is 1. The molecule has 5 heteroatoms. The van der Waals surface area contributed by atoms with Crippen molar-refractivity contribution in [1.82, 2.24) is 10.2 Å². The molecule has 1 amide bonds. The Labute approximate surface area is 149 Å². The van der Waals surface area contributed by atoms with Gasteiger partial charge in [0.05, 0.1) is 0 Å². The van der Waals surface area contributed by atoms with E-state index in [1.807, 2.05) is 31.2 Å². The molecule has 0 unspecified atom stereocenters. The molecule has 24 heavy (non-hydrogen) atoms. The zero-order chi connectivity index (χ0) is 16.8. The molecule has 3 rings (SSSR count). The van der Waals surface area contributed by atoms with E-state index in [-0.39, 0.29) is 12.5 Å². The van der Waals surface area contributed by atoms with E-state index in [0.29, 0.717) is 5.92 Å². The van der Waals surface area contributed by atoms with Crippen molar-refractivity contribution >= 4 is 17.7 Å².